The van der Waals surface area contributed by atoms with Gasteiger partial charge in [-0.15, -0.1) is 0 Å². The van der Waals surface area contributed by atoms with Crippen LogP contribution in [0.25, 0.3) is 0 Å². The lowest BCUT2D eigenvalue weighted by atomic mass is 10.2. The SMILES string of the molecule is CC.CC.Cc1ccc(S(C)=O)c(F)c1. The zero-order chi connectivity index (χ0) is 12.4. The van der Waals surface area contributed by atoms with Crippen LogP contribution in [0, 0.1) is 12.7 Å². The van der Waals surface area contributed by atoms with Crippen molar-refractivity contribution in [3.8, 4) is 0 Å². The van der Waals surface area contributed by atoms with Crippen LogP contribution in [-0.2, 0) is 10.8 Å². The van der Waals surface area contributed by atoms with Crippen LogP contribution in [0.1, 0.15) is 33.3 Å². The van der Waals surface area contributed by atoms with Gasteiger partial charge in [0.05, 0.1) is 15.7 Å². The first kappa shape index (κ1) is 16.7. The second kappa shape index (κ2) is 9.84. The lowest BCUT2D eigenvalue weighted by Gasteiger charge is -1.98. The first-order valence-electron chi connectivity index (χ1n) is 5.21. The van der Waals surface area contributed by atoms with Gasteiger partial charge in [-0.25, -0.2) is 4.39 Å². The molecule has 0 N–H and O–H groups in total. The highest BCUT2D eigenvalue weighted by Gasteiger charge is 2.04. The van der Waals surface area contributed by atoms with E-state index in [0.717, 1.165) is 5.56 Å². The summed E-state index contributed by atoms with van der Waals surface area (Å²) in [5.74, 6) is -0.383. The molecule has 1 nitrogen and oxygen atoms in total. The molecule has 0 radical (unpaired) electrons. The molecule has 88 valence electrons. The maximum absolute atomic E-state index is 12.9. The Hall–Kier alpha value is -0.700. The molecule has 0 spiro atoms. The highest BCUT2D eigenvalue weighted by Crippen LogP contribution is 2.12. The van der Waals surface area contributed by atoms with Gasteiger partial charge < -0.3 is 0 Å². The van der Waals surface area contributed by atoms with Gasteiger partial charge in [-0.3, -0.25) is 4.21 Å². The number of hydrogen-bond acceptors (Lipinski definition) is 1. The van der Waals surface area contributed by atoms with Crippen molar-refractivity contribution in [3.05, 3.63) is 29.6 Å². The van der Waals surface area contributed by atoms with Crippen LogP contribution in [0.4, 0.5) is 4.39 Å². The van der Waals surface area contributed by atoms with Crippen LogP contribution in [0.5, 0.6) is 0 Å². The summed E-state index contributed by atoms with van der Waals surface area (Å²) in [4.78, 5) is 0.274. The largest absolute Gasteiger partial charge is 0.255 e. The van der Waals surface area contributed by atoms with Gasteiger partial charge in [0.1, 0.15) is 5.82 Å². The topological polar surface area (TPSA) is 17.1 Å². The summed E-state index contributed by atoms with van der Waals surface area (Å²) >= 11 is 0. The molecule has 1 rings (SSSR count). The standard InChI is InChI=1S/C8H9FOS.2C2H6/c1-6-3-4-8(11(2)10)7(9)5-6;2*1-2/h3-5H,1-2H3;2*1-2H3. The fraction of sp³-hybridized carbons (Fsp3) is 0.500. The Morgan fingerprint density at radius 3 is 1.93 bits per heavy atom. The molecule has 0 fully saturated rings. The summed E-state index contributed by atoms with van der Waals surface area (Å²) in [6.07, 6.45) is 1.47. The third kappa shape index (κ3) is 6.39. The van der Waals surface area contributed by atoms with Crippen molar-refractivity contribution in [1.29, 1.82) is 0 Å². The van der Waals surface area contributed by atoms with Crippen molar-refractivity contribution in [1.82, 2.24) is 0 Å². The van der Waals surface area contributed by atoms with Gasteiger partial charge in [0.15, 0.2) is 0 Å². The van der Waals surface area contributed by atoms with Gasteiger partial charge in [0.2, 0.25) is 0 Å². The van der Waals surface area contributed by atoms with Crippen LogP contribution in [0.2, 0.25) is 0 Å². The Kier molecular flexibility index (Phi) is 11.0. The van der Waals surface area contributed by atoms with E-state index < -0.39 is 10.8 Å². The molecule has 0 amide bonds. The normalized spacial score (nSPS) is 10.3. The molecular formula is C12H21FOS. The smallest absolute Gasteiger partial charge is 0.139 e. The minimum absolute atomic E-state index is 0.274. The average Bonchev–Trinajstić information content (AvgIpc) is 2.23. The van der Waals surface area contributed by atoms with E-state index in [1.807, 2.05) is 27.7 Å². The zero-order valence-corrected chi connectivity index (χ0v) is 11.2. The highest BCUT2D eigenvalue weighted by atomic mass is 32.2. The van der Waals surface area contributed by atoms with E-state index in [2.05, 4.69) is 0 Å². The van der Waals surface area contributed by atoms with Crippen LogP contribution < -0.4 is 0 Å². The monoisotopic (exact) mass is 232 g/mol. The Morgan fingerprint density at radius 2 is 1.60 bits per heavy atom. The van der Waals surface area contributed by atoms with Crippen molar-refractivity contribution in [2.75, 3.05) is 6.26 Å². The molecule has 1 atom stereocenters. The molecule has 0 heterocycles. The molecule has 0 aliphatic heterocycles. The van der Waals surface area contributed by atoms with E-state index in [1.165, 1.54) is 12.3 Å². The van der Waals surface area contributed by atoms with Crippen molar-refractivity contribution in [2.45, 2.75) is 39.5 Å². The van der Waals surface area contributed by atoms with Gasteiger partial charge in [0, 0.05) is 6.26 Å². The first-order valence-corrected chi connectivity index (χ1v) is 6.76. The van der Waals surface area contributed by atoms with Gasteiger partial charge in [0.25, 0.3) is 0 Å². The Morgan fingerprint density at radius 1 is 1.13 bits per heavy atom. The van der Waals surface area contributed by atoms with E-state index in [1.54, 1.807) is 19.1 Å². The lowest BCUT2D eigenvalue weighted by molar-refractivity contribution is 0.595. The van der Waals surface area contributed by atoms with Gasteiger partial charge in [-0.2, -0.15) is 0 Å². The predicted molar refractivity (Wildman–Crippen MR) is 66.2 cm³/mol. The Balaban J connectivity index is 0. The molecule has 0 aliphatic carbocycles. The zero-order valence-electron chi connectivity index (χ0n) is 10.4. The first-order chi connectivity index (χ1) is 7.11. The minimum Gasteiger partial charge on any atom is -0.255 e. The summed E-state index contributed by atoms with van der Waals surface area (Å²) in [5, 5.41) is 0. The number of aryl methyl sites for hydroxylation is 1. The predicted octanol–water partition coefficient (Wildman–Crippen LogP) is 3.92. The van der Waals surface area contributed by atoms with Crippen LogP contribution in [-0.4, -0.2) is 10.5 Å². The maximum atomic E-state index is 12.9. The number of benzene rings is 1. The van der Waals surface area contributed by atoms with Crippen molar-refractivity contribution in [3.63, 3.8) is 0 Å². The molecule has 0 bridgehead atoms. The molecule has 0 aliphatic rings. The second-order valence-corrected chi connectivity index (χ2v) is 3.74. The van der Waals surface area contributed by atoms with E-state index in [-0.39, 0.29) is 10.7 Å². The molecular weight excluding hydrogens is 211 g/mol. The number of rotatable bonds is 1. The summed E-state index contributed by atoms with van der Waals surface area (Å²) < 4.78 is 23.8. The second-order valence-electron chi connectivity index (χ2n) is 2.39. The average molecular weight is 232 g/mol. The molecule has 1 aromatic rings. The summed E-state index contributed by atoms with van der Waals surface area (Å²) in [6, 6.07) is 4.69. The lowest BCUT2D eigenvalue weighted by Crippen LogP contribution is -1.92. The number of halogens is 1. The van der Waals surface area contributed by atoms with Crippen molar-refractivity contribution < 1.29 is 8.60 Å². The van der Waals surface area contributed by atoms with Crippen LogP contribution in [0.3, 0.4) is 0 Å². The summed E-state index contributed by atoms with van der Waals surface area (Å²) in [5.41, 5.74) is 0.844. The van der Waals surface area contributed by atoms with E-state index in [4.69, 9.17) is 0 Å². The third-order valence-corrected chi connectivity index (χ3v) is 2.35. The Labute approximate surface area is 95.2 Å². The molecule has 1 aromatic carbocycles. The minimum atomic E-state index is -1.22. The van der Waals surface area contributed by atoms with E-state index in [0.29, 0.717) is 0 Å². The van der Waals surface area contributed by atoms with Crippen molar-refractivity contribution >= 4 is 10.8 Å². The molecule has 1 unspecified atom stereocenters. The van der Waals surface area contributed by atoms with E-state index >= 15 is 0 Å². The molecule has 3 heteroatoms. The quantitative estimate of drug-likeness (QED) is 0.717. The molecule has 0 saturated heterocycles. The van der Waals surface area contributed by atoms with Crippen LogP contribution in [0.15, 0.2) is 23.1 Å². The number of hydrogen-bond donors (Lipinski definition) is 0. The molecule has 0 aromatic heterocycles. The summed E-state index contributed by atoms with van der Waals surface area (Å²) in [7, 11) is -1.22. The molecule has 15 heavy (non-hydrogen) atoms. The third-order valence-electron chi connectivity index (χ3n) is 1.40. The van der Waals surface area contributed by atoms with Gasteiger partial charge >= 0.3 is 0 Å². The van der Waals surface area contributed by atoms with Crippen LogP contribution >= 0.6 is 0 Å². The highest BCUT2D eigenvalue weighted by molar-refractivity contribution is 7.84. The van der Waals surface area contributed by atoms with Gasteiger partial charge in [-0.05, 0) is 24.6 Å². The molecule has 0 saturated carbocycles. The van der Waals surface area contributed by atoms with Gasteiger partial charge in [-0.1, -0.05) is 33.8 Å². The maximum Gasteiger partial charge on any atom is 0.139 e. The summed E-state index contributed by atoms with van der Waals surface area (Å²) in [6.45, 7) is 9.80. The Bertz CT molecular complexity index is 298. The van der Waals surface area contributed by atoms with Crippen molar-refractivity contribution in [2.24, 2.45) is 0 Å². The fourth-order valence-corrected chi connectivity index (χ4v) is 1.43. The fourth-order valence-electron chi connectivity index (χ4n) is 0.839. The van der Waals surface area contributed by atoms with E-state index in [9.17, 15) is 8.60 Å².